The van der Waals surface area contributed by atoms with E-state index in [1.54, 1.807) is 13.8 Å². The minimum Gasteiger partial charge on any atom is -0.481 e. The summed E-state index contributed by atoms with van der Waals surface area (Å²) in [7, 11) is 0. The van der Waals surface area contributed by atoms with Gasteiger partial charge in [-0.25, -0.2) is 4.79 Å². The molecule has 0 saturated heterocycles. The van der Waals surface area contributed by atoms with Crippen LogP contribution < -0.4 is 5.32 Å². The first-order valence-corrected chi connectivity index (χ1v) is 6.13. The maximum atomic E-state index is 10.8. The molecule has 0 fully saturated rings. The van der Waals surface area contributed by atoms with Gasteiger partial charge in [0.1, 0.15) is 6.04 Å². The molecule has 98 valence electrons. The second-order valence-corrected chi connectivity index (χ2v) is 5.33. The molecule has 0 heterocycles. The van der Waals surface area contributed by atoms with Crippen LogP contribution in [0.5, 0.6) is 0 Å². The first-order chi connectivity index (χ1) is 7.66. The Balaban J connectivity index is 4.20. The van der Waals surface area contributed by atoms with Crippen LogP contribution in [0, 0.1) is 5.41 Å². The minimum atomic E-state index is -1.12. The summed E-state index contributed by atoms with van der Waals surface area (Å²) in [6.07, 6.45) is 0. The molecule has 1 atom stereocenters. The van der Waals surface area contributed by atoms with Gasteiger partial charge in [-0.2, -0.15) is 11.8 Å². The van der Waals surface area contributed by atoms with Gasteiger partial charge in [-0.3, -0.25) is 9.59 Å². The molecule has 0 spiro atoms. The van der Waals surface area contributed by atoms with Gasteiger partial charge in [0.25, 0.3) is 0 Å². The summed E-state index contributed by atoms with van der Waals surface area (Å²) in [6, 6.07) is -0.984. The van der Waals surface area contributed by atoms with Gasteiger partial charge in [0, 0.05) is 18.4 Å². The monoisotopic (exact) mass is 263 g/mol. The van der Waals surface area contributed by atoms with E-state index in [1.165, 1.54) is 18.7 Å². The van der Waals surface area contributed by atoms with Crippen molar-refractivity contribution in [1.29, 1.82) is 0 Å². The van der Waals surface area contributed by atoms with E-state index in [9.17, 15) is 14.4 Å². The van der Waals surface area contributed by atoms with Gasteiger partial charge in [0.05, 0.1) is 5.41 Å². The molecule has 0 saturated carbocycles. The summed E-state index contributed by atoms with van der Waals surface area (Å²) in [4.78, 5) is 32.3. The maximum absolute atomic E-state index is 10.8. The molecule has 0 aliphatic rings. The molecule has 1 amide bonds. The molecule has 0 radical (unpaired) electrons. The van der Waals surface area contributed by atoms with Crippen LogP contribution in [0.3, 0.4) is 0 Å². The number of aliphatic carboxylic acids is 2. The van der Waals surface area contributed by atoms with Crippen LogP contribution >= 0.6 is 11.8 Å². The van der Waals surface area contributed by atoms with E-state index >= 15 is 0 Å². The summed E-state index contributed by atoms with van der Waals surface area (Å²) in [6.45, 7) is 4.37. The second kappa shape index (κ2) is 6.48. The Kier molecular flexibility index (Phi) is 6.01. The number of nitrogens with one attached hydrogen (secondary N) is 1. The topological polar surface area (TPSA) is 104 Å². The highest BCUT2D eigenvalue weighted by molar-refractivity contribution is 7.99. The Labute approximate surface area is 104 Å². The third kappa shape index (κ3) is 6.15. The first kappa shape index (κ1) is 15.8. The van der Waals surface area contributed by atoms with Crippen molar-refractivity contribution >= 4 is 29.6 Å². The Morgan fingerprint density at radius 1 is 1.29 bits per heavy atom. The summed E-state index contributed by atoms with van der Waals surface area (Å²) in [5.41, 5.74) is -0.913. The second-order valence-electron chi connectivity index (χ2n) is 4.30. The van der Waals surface area contributed by atoms with Gasteiger partial charge in [0.15, 0.2) is 0 Å². The number of rotatable bonds is 7. The molecule has 6 nitrogen and oxygen atoms in total. The lowest BCUT2D eigenvalue weighted by molar-refractivity contribution is -0.145. The van der Waals surface area contributed by atoms with Crippen molar-refractivity contribution in [3.05, 3.63) is 0 Å². The zero-order chi connectivity index (χ0) is 13.6. The van der Waals surface area contributed by atoms with Crippen molar-refractivity contribution in [3.63, 3.8) is 0 Å². The molecule has 3 N–H and O–H groups in total. The smallest absolute Gasteiger partial charge is 0.327 e. The van der Waals surface area contributed by atoms with E-state index in [1.807, 2.05) is 0 Å². The van der Waals surface area contributed by atoms with Crippen LogP contribution in [-0.2, 0) is 14.4 Å². The number of hydrogen-bond acceptors (Lipinski definition) is 4. The quantitative estimate of drug-likeness (QED) is 0.615. The van der Waals surface area contributed by atoms with Crippen LogP contribution in [0.25, 0.3) is 0 Å². The average Bonchev–Trinajstić information content (AvgIpc) is 2.14. The highest BCUT2D eigenvalue weighted by Gasteiger charge is 2.28. The van der Waals surface area contributed by atoms with Crippen molar-refractivity contribution in [3.8, 4) is 0 Å². The molecule has 0 aliphatic heterocycles. The molecule has 0 bridgehead atoms. The number of hydrogen-bond donors (Lipinski definition) is 3. The van der Waals surface area contributed by atoms with Gasteiger partial charge in [0.2, 0.25) is 5.91 Å². The van der Waals surface area contributed by atoms with Crippen molar-refractivity contribution < 1.29 is 24.6 Å². The van der Waals surface area contributed by atoms with E-state index in [0.717, 1.165) is 0 Å². The lowest BCUT2D eigenvalue weighted by atomic mass is 9.97. The summed E-state index contributed by atoms with van der Waals surface area (Å²) < 4.78 is 0. The van der Waals surface area contributed by atoms with Gasteiger partial charge in [-0.1, -0.05) is 0 Å². The zero-order valence-corrected chi connectivity index (χ0v) is 10.8. The molecule has 0 aliphatic carbocycles. The molecule has 7 heteroatoms. The van der Waals surface area contributed by atoms with Crippen LogP contribution in [0.4, 0.5) is 0 Å². The van der Waals surface area contributed by atoms with E-state index in [0.29, 0.717) is 0 Å². The Bertz CT molecular complexity index is 316. The number of thioether (sulfide) groups is 1. The standard InChI is InChI=1S/C10H17NO5S/c1-6(12)11-7(8(13)14)4-17-5-10(2,3)9(15)16/h7H,4-5H2,1-3H3,(H,11,12)(H,13,14)(H,15,16). The highest BCUT2D eigenvalue weighted by Crippen LogP contribution is 2.22. The average molecular weight is 263 g/mol. The molecule has 0 rings (SSSR count). The summed E-state index contributed by atoms with van der Waals surface area (Å²) >= 11 is 1.19. The molecule has 0 aromatic rings. The van der Waals surface area contributed by atoms with Crippen LogP contribution in [0.15, 0.2) is 0 Å². The fourth-order valence-corrected chi connectivity index (χ4v) is 2.13. The van der Waals surface area contributed by atoms with E-state index in [-0.39, 0.29) is 11.5 Å². The lowest BCUT2D eigenvalue weighted by Crippen LogP contribution is -2.42. The molecule has 0 aromatic heterocycles. The summed E-state index contributed by atoms with van der Waals surface area (Å²) in [5, 5.41) is 20.0. The van der Waals surface area contributed by atoms with Gasteiger partial charge < -0.3 is 15.5 Å². The fourth-order valence-electron chi connectivity index (χ4n) is 0.914. The Hall–Kier alpha value is -1.24. The zero-order valence-electron chi connectivity index (χ0n) is 10.0. The van der Waals surface area contributed by atoms with Gasteiger partial charge >= 0.3 is 11.9 Å². The SMILES string of the molecule is CC(=O)NC(CSCC(C)(C)C(=O)O)C(=O)O. The molecular weight excluding hydrogens is 246 g/mol. The van der Waals surface area contributed by atoms with Crippen LogP contribution in [-0.4, -0.2) is 45.6 Å². The maximum Gasteiger partial charge on any atom is 0.327 e. The molecule has 0 aromatic carbocycles. The normalized spacial score (nSPS) is 12.9. The number of carbonyl (C=O) groups is 3. The summed E-state index contributed by atoms with van der Waals surface area (Å²) in [5.74, 6) is -2.05. The number of carbonyl (C=O) groups excluding carboxylic acids is 1. The van der Waals surface area contributed by atoms with Crippen molar-refractivity contribution in [2.45, 2.75) is 26.8 Å². The number of carboxylic acid groups (broad SMARTS) is 2. The molecular formula is C10H17NO5S. The van der Waals surface area contributed by atoms with Gasteiger partial charge in [-0.15, -0.1) is 0 Å². The van der Waals surface area contributed by atoms with Crippen molar-refractivity contribution in [1.82, 2.24) is 5.32 Å². The minimum absolute atomic E-state index is 0.144. The van der Waals surface area contributed by atoms with Crippen molar-refractivity contribution in [2.75, 3.05) is 11.5 Å². The largest absolute Gasteiger partial charge is 0.481 e. The number of amides is 1. The fraction of sp³-hybridized carbons (Fsp3) is 0.700. The predicted molar refractivity (Wildman–Crippen MR) is 64.0 cm³/mol. The highest BCUT2D eigenvalue weighted by atomic mass is 32.2. The van der Waals surface area contributed by atoms with Crippen LogP contribution in [0.1, 0.15) is 20.8 Å². The third-order valence-electron chi connectivity index (χ3n) is 2.00. The first-order valence-electron chi connectivity index (χ1n) is 4.98. The predicted octanol–water partition coefficient (Wildman–Crippen LogP) is 0.420. The third-order valence-corrected chi connectivity index (χ3v) is 3.50. The molecule has 17 heavy (non-hydrogen) atoms. The van der Waals surface area contributed by atoms with E-state index in [4.69, 9.17) is 10.2 Å². The lowest BCUT2D eigenvalue weighted by Gasteiger charge is -2.20. The van der Waals surface area contributed by atoms with Crippen molar-refractivity contribution in [2.24, 2.45) is 5.41 Å². The Morgan fingerprint density at radius 3 is 2.18 bits per heavy atom. The Morgan fingerprint density at radius 2 is 1.82 bits per heavy atom. The van der Waals surface area contributed by atoms with Crippen LogP contribution in [0.2, 0.25) is 0 Å². The molecule has 1 unspecified atom stereocenters. The van der Waals surface area contributed by atoms with E-state index in [2.05, 4.69) is 5.32 Å². The van der Waals surface area contributed by atoms with Gasteiger partial charge in [-0.05, 0) is 13.8 Å². The van der Waals surface area contributed by atoms with E-state index < -0.39 is 29.3 Å². The number of carboxylic acids is 2.